The van der Waals surface area contributed by atoms with Crippen molar-refractivity contribution in [3.63, 3.8) is 0 Å². The summed E-state index contributed by atoms with van der Waals surface area (Å²) in [7, 11) is 1.82. The van der Waals surface area contributed by atoms with Crippen LogP contribution in [0.5, 0.6) is 0 Å². The van der Waals surface area contributed by atoms with Gasteiger partial charge in [0, 0.05) is 23.7 Å². The molecule has 132 valence electrons. The number of aliphatic hydroxyl groups is 1. The Kier molecular flexibility index (Phi) is 4.30. The number of carbonyl (C=O) groups excluding carboxylic acids is 1. The number of para-hydroxylation sites is 1. The summed E-state index contributed by atoms with van der Waals surface area (Å²) in [5.74, 6) is -0.244. The summed E-state index contributed by atoms with van der Waals surface area (Å²) in [6, 6.07) is 26.2. The van der Waals surface area contributed by atoms with Crippen LogP contribution < -0.4 is 5.01 Å². The number of fused-ring (bicyclic) bond motifs is 1. The minimum atomic E-state index is -0.216. The molecule has 0 heterocycles. The molecule has 0 unspecified atom stereocenters. The molecule has 0 fully saturated rings. The van der Waals surface area contributed by atoms with E-state index in [2.05, 4.69) is 0 Å². The van der Waals surface area contributed by atoms with Gasteiger partial charge < -0.3 is 5.11 Å². The molecule has 0 spiro atoms. The van der Waals surface area contributed by atoms with E-state index < -0.39 is 0 Å². The molecule has 0 bridgehead atoms. The van der Waals surface area contributed by atoms with Crippen LogP contribution in [0.25, 0.3) is 5.76 Å². The zero-order valence-electron chi connectivity index (χ0n) is 14.8. The molecule has 0 radical (unpaired) electrons. The number of allylic oxidation sites excluding steroid dienone is 1. The first kappa shape index (κ1) is 16.8. The normalized spacial score (nSPS) is 13.7. The van der Waals surface area contributed by atoms with Crippen molar-refractivity contribution in [3.8, 4) is 0 Å². The number of hydrazone groups is 1. The number of carbonyl (C=O) groups is 1. The Bertz CT molecular complexity index is 1050. The van der Waals surface area contributed by atoms with E-state index >= 15 is 0 Å². The summed E-state index contributed by atoms with van der Waals surface area (Å²) >= 11 is 0. The maximum absolute atomic E-state index is 13.0. The van der Waals surface area contributed by atoms with Gasteiger partial charge in [-0.1, -0.05) is 72.8 Å². The van der Waals surface area contributed by atoms with Crippen LogP contribution in [0.3, 0.4) is 0 Å². The van der Waals surface area contributed by atoms with Crippen molar-refractivity contribution < 1.29 is 9.90 Å². The molecular formula is C23H18N2O2. The van der Waals surface area contributed by atoms with Crippen LogP contribution in [0.2, 0.25) is 0 Å². The van der Waals surface area contributed by atoms with Gasteiger partial charge in [0.15, 0.2) is 5.78 Å². The predicted octanol–water partition coefficient (Wildman–Crippen LogP) is 4.69. The maximum atomic E-state index is 13.0. The Balaban J connectivity index is 1.87. The van der Waals surface area contributed by atoms with E-state index in [9.17, 15) is 9.90 Å². The van der Waals surface area contributed by atoms with Gasteiger partial charge in [0.2, 0.25) is 0 Å². The first-order valence-corrected chi connectivity index (χ1v) is 8.67. The van der Waals surface area contributed by atoms with Crippen LogP contribution in [0.15, 0.2) is 95.6 Å². The zero-order chi connectivity index (χ0) is 18.8. The Hall–Kier alpha value is -3.66. The second kappa shape index (κ2) is 6.92. The number of aliphatic hydroxyl groups excluding tert-OH is 1. The number of hydrogen-bond donors (Lipinski definition) is 1. The van der Waals surface area contributed by atoms with Gasteiger partial charge in [-0.25, -0.2) is 0 Å². The lowest BCUT2D eigenvalue weighted by molar-refractivity contribution is 0.104. The lowest BCUT2D eigenvalue weighted by Crippen LogP contribution is -2.19. The lowest BCUT2D eigenvalue weighted by atomic mass is 9.99. The van der Waals surface area contributed by atoms with Crippen LogP contribution in [0.4, 0.5) is 5.69 Å². The van der Waals surface area contributed by atoms with Crippen molar-refractivity contribution in [1.29, 1.82) is 0 Å². The van der Waals surface area contributed by atoms with Gasteiger partial charge in [0.1, 0.15) is 11.5 Å². The van der Waals surface area contributed by atoms with E-state index in [1.807, 2.05) is 67.7 Å². The van der Waals surface area contributed by atoms with Crippen molar-refractivity contribution in [1.82, 2.24) is 0 Å². The molecule has 0 aromatic heterocycles. The molecule has 4 rings (SSSR count). The lowest BCUT2D eigenvalue weighted by Gasteiger charge is -2.16. The highest BCUT2D eigenvalue weighted by Gasteiger charge is 2.33. The Morgan fingerprint density at radius 1 is 0.815 bits per heavy atom. The molecule has 1 N–H and O–H groups in total. The van der Waals surface area contributed by atoms with Crippen molar-refractivity contribution in [2.24, 2.45) is 5.10 Å². The predicted molar refractivity (Wildman–Crippen MR) is 108 cm³/mol. The zero-order valence-corrected chi connectivity index (χ0v) is 14.8. The topological polar surface area (TPSA) is 52.9 Å². The summed E-state index contributed by atoms with van der Waals surface area (Å²) in [5.41, 5.74) is 3.36. The van der Waals surface area contributed by atoms with Crippen molar-refractivity contribution in [3.05, 3.63) is 107 Å². The smallest absolute Gasteiger partial charge is 0.199 e. The summed E-state index contributed by atoms with van der Waals surface area (Å²) in [5, 5.41) is 17.2. The Morgan fingerprint density at radius 3 is 2.00 bits per heavy atom. The van der Waals surface area contributed by atoms with Gasteiger partial charge >= 0.3 is 0 Å². The largest absolute Gasteiger partial charge is 0.506 e. The molecule has 0 saturated carbocycles. The highest BCUT2D eigenvalue weighted by Crippen LogP contribution is 2.33. The van der Waals surface area contributed by atoms with Crippen LogP contribution >= 0.6 is 0 Å². The summed E-state index contributed by atoms with van der Waals surface area (Å²) < 4.78 is 0. The minimum Gasteiger partial charge on any atom is -0.506 e. The van der Waals surface area contributed by atoms with Gasteiger partial charge in [-0.2, -0.15) is 5.10 Å². The molecule has 3 aromatic carbocycles. The molecule has 0 saturated heterocycles. The molecule has 4 heteroatoms. The van der Waals surface area contributed by atoms with E-state index in [1.165, 1.54) is 0 Å². The standard InChI is InChI=1S/C23H18N2O2/c1-25(17-12-6-3-7-13-17)24-21(16-10-4-2-5-11-16)20-22(26)18-14-8-9-15-19(18)23(20)27/h2-15,26H,1H3/b24-21+. The fourth-order valence-electron chi connectivity index (χ4n) is 3.18. The minimum absolute atomic E-state index is 0.0281. The number of benzene rings is 3. The molecule has 1 aliphatic rings. The third kappa shape index (κ3) is 3.02. The van der Waals surface area contributed by atoms with Crippen molar-refractivity contribution >= 4 is 22.9 Å². The second-order valence-electron chi connectivity index (χ2n) is 6.27. The van der Waals surface area contributed by atoms with E-state index in [0.717, 1.165) is 11.3 Å². The summed E-state index contributed by atoms with van der Waals surface area (Å²) in [6.45, 7) is 0. The fraction of sp³-hybridized carbons (Fsp3) is 0.0435. The average molecular weight is 354 g/mol. The van der Waals surface area contributed by atoms with Gasteiger partial charge in [-0.3, -0.25) is 9.80 Å². The van der Waals surface area contributed by atoms with Gasteiger partial charge in [-0.05, 0) is 12.1 Å². The van der Waals surface area contributed by atoms with E-state index in [0.29, 0.717) is 16.8 Å². The molecule has 4 nitrogen and oxygen atoms in total. The van der Waals surface area contributed by atoms with E-state index in [4.69, 9.17) is 5.10 Å². The SMILES string of the molecule is CN(/N=C(/C1=C(O)c2ccccc2C1=O)c1ccccc1)c1ccccc1. The molecular weight excluding hydrogens is 336 g/mol. The molecule has 0 amide bonds. The number of hydrogen-bond acceptors (Lipinski definition) is 4. The molecule has 0 aliphatic heterocycles. The van der Waals surface area contributed by atoms with Gasteiger partial charge in [0.05, 0.1) is 11.3 Å². The maximum Gasteiger partial charge on any atom is 0.199 e. The highest BCUT2D eigenvalue weighted by molar-refractivity contribution is 6.39. The van der Waals surface area contributed by atoms with Gasteiger partial charge in [0.25, 0.3) is 0 Å². The average Bonchev–Trinajstić information content (AvgIpc) is 2.98. The molecule has 0 atom stereocenters. The second-order valence-corrected chi connectivity index (χ2v) is 6.27. The molecule has 1 aliphatic carbocycles. The summed E-state index contributed by atoms with van der Waals surface area (Å²) in [4.78, 5) is 13.0. The van der Waals surface area contributed by atoms with Crippen LogP contribution in [0, 0.1) is 0 Å². The van der Waals surface area contributed by atoms with Crippen LogP contribution in [-0.2, 0) is 0 Å². The van der Waals surface area contributed by atoms with Crippen LogP contribution in [-0.4, -0.2) is 23.6 Å². The van der Waals surface area contributed by atoms with E-state index in [-0.39, 0.29) is 17.1 Å². The molecule has 27 heavy (non-hydrogen) atoms. The Labute approximate surface area is 157 Å². The monoisotopic (exact) mass is 354 g/mol. The number of Topliss-reactive ketones (excluding diaryl/α,β-unsaturated/α-hetero) is 1. The van der Waals surface area contributed by atoms with Crippen LogP contribution in [0.1, 0.15) is 21.5 Å². The number of anilines is 1. The summed E-state index contributed by atoms with van der Waals surface area (Å²) in [6.07, 6.45) is 0. The highest BCUT2D eigenvalue weighted by atomic mass is 16.3. The first-order valence-electron chi connectivity index (χ1n) is 8.67. The first-order chi connectivity index (χ1) is 13.2. The quantitative estimate of drug-likeness (QED) is 0.546. The van der Waals surface area contributed by atoms with Crippen molar-refractivity contribution in [2.75, 3.05) is 12.1 Å². The van der Waals surface area contributed by atoms with Gasteiger partial charge in [-0.15, -0.1) is 0 Å². The number of rotatable bonds is 4. The molecule has 3 aromatic rings. The van der Waals surface area contributed by atoms with Crippen molar-refractivity contribution in [2.45, 2.75) is 0 Å². The number of nitrogens with zero attached hydrogens (tertiary/aromatic N) is 2. The Morgan fingerprint density at radius 2 is 1.37 bits per heavy atom. The van der Waals surface area contributed by atoms with E-state index in [1.54, 1.807) is 29.3 Å². The third-order valence-corrected chi connectivity index (χ3v) is 4.55. The fourth-order valence-corrected chi connectivity index (χ4v) is 3.18. The number of ketones is 1. The third-order valence-electron chi connectivity index (χ3n) is 4.55.